The van der Waals surface area contributed by atoms with Crippen molar-refractivity contribution in [2.45, 2.75) is 50.7 Å². The lowest BCUT2D eigenvalue weighted by Crippen LogP contribution is -2.48. The zero-order chi connectivity index (χ0) is 11.6. The van der Waals surface area contributed by atoms with E-state index in [9.17, 15) is 4.79 Å². The van der Waals surface area contributed by atoms with E-state index >= 15 is 0 Å². The van der Waals surface area contributed by atoms with E-state index in [0.29, 0.717) is 12.6 Å². The number of carbonyl (C=O) groups excluding carboxylic acids is 1. The highest BCUT2D eigenvalue weighted by Gasteiger charge is 2.44. The summed E-state index contributed by atoms with van der Waals surface area (Å²) in [6.45, 7) is 4.09. The van der Waals surface area contributed by atoms with Crippen LogP contribution >= 0.6 is 0 Å². The molecule has 1 atom stereocenters. The second-order valence-corrected chi connectivity index (χ2v) is 5.05. The van der Waals surface area contributed by atoms with E-state index in [2.05, 4.69) is 0 Å². The fourth-order valence-electron chi connectivity index (χ4n) is 2.35. The largest absolute Gasteiger partial charge is 0.365 e. The van der Waals surface area contributed by atoms with Gasteiger partial charge < -0.3 is 15.4 Å². The smallest absolute Gasteiger partial charge is 0.254 e. The highest BCUT2D eigenvalue weighted by Crippen LogP contribution is 2.33. The Labute approximate surface area is 97.1 Å². The molecule has 1 heterocycles. The monoisotopic (exact) mass is 226 g/mol. The fourth-order valence-corrected chi connectivity index (χ4v) is 2.35. The van der Waals surface area contributed by atoms with Crippen molar-refractivity contribution < 1.29 is 9.53 Å². The lowest BCUT2D eigenvalue weighted by atomic mass is 10.0. The summed E-state index contributed by atoms with van der Waals surface area (Å²) in [7, 11) is 0. The minimum absolute atomic E-state index is 0.181. The van der Waals surface area contributed by atoms with Crippen LogP contribution in [-0.2, 0) is 9.53 Å². The minimum Gasteiger partial charge on any atom is -0.365 e. The second kappa shape index (κ2) is 4.72. The zero-order valence-electron chi connectivity index (χ0n) is 10.1. The number of rotatable bonds is 5. The van der Waals surface area contributed by atoms with E-state index in [1.807, 2.05) is 11.8 Å². The quantitative estimate of drug-likeness (QED) is 0.757. The maximum atomic E-state index is 12.4. The van der Waals surface area contributed by atoms with Crippen LogP contribution < -0.4 is 5.73 Å². The summed E-state index contributed by atoms with van der Waals surface area (Å²) in [4.78, 5) is 14.4. The number of amides is 1. The molecule has 1 aliphatic carbocycles. The average molecular weight is 226 g/mol. The Bertz CT molecular complexity index is 258. The Balaban J connectivity index is 1.98. The fraction of sp³-hybridized carbons (Fsp3) is 0.917. The van der Waals surface area contributed by atoms with E-state index < -0.39 is 5.60 Å². The van der Waals surface area contributed by atoms with Crippen molar-refractivity contribution in [3.8, 4) is 0 Å². The van der Waals surface area contributed by atoms with Crippen LogP contribution in [0, 0.1) is 0 Å². The van der Waals surface area contributed by atoms with Gasteiger partial charge >= 0.3 is 0 Å². The first kappa shape index (κ1) is 11.9. The van der Waals surface area contributed by atoms with E-state index in [4.69, 9.17) is 10.5 Å². The van der Waals surface area contributed by atoms with Crippen molar-refractivity contribution in [3.05, 3.63) is 0 Å². The summed E-state index contributed by atoms with van der Waals surface area (Å²) < 4.78 is 5.62. The molecule has 1 saturated heterocycles. The van der Waals surface area contributed by atoms with Crippen LogP contribution in [0.3, 0.4) is 0 Å². The van der Waals surface area contributed by atoms with Crippen LogP contribution in [-0.4, -0.2) is 42.1 Å². The van der Waals surface area contributed by atoms with Crippen molar-refractivity contribution in [2.75, 3.05) is 19.7 Å². The number of nitrogens with zero attached hydrogens (tertiary/aromatic N) is 1. The Morgan fingerprint density at radius 2 is 2.31 bits per heavy atom. The molecule has 1 saturated carbocycles. The molecule has 1 amide bonds. The molecule has 16 heavy (non-hydrogen) atoms. The van der Waals surface area contributed by atoms with Gasteiger partial charge in [-0.05, 0) is 45.6 Å². The van der Waals surface area contributed by atoms with Crippen LogP contribution in [0.4, 0.5) is 0 Å². The van der Waals surface area contributed by atoms with Gasteiger partial charge in [0.1, 0.15) is 5.60 Å². The Hall–Kier alpha value is -0.610. The maximum Gasteiger partial charge on any atom is 0.254 e. The van der Waals surface area contributed by atoms with E-state index in [1.54, 1.807) is 0 Å². The van der Waals surface area contributed by atoms with Crippen LogP contribution in [0.2, 0.25) is 0 Å². The molecule has 0 spiro atoms. The lowest BCUT2D eigenvalue weighted by Gasteiger charge is -2.31. The normalized spacial score (nSPS) is 29.4. The van der Waals surface area contributed by atoms with Crippen molar-refractivity contribution in [1.29, 1.82) is 0 Å². The molecule has 92 valence electrons. The first-order valence-electron chi connectivity index (χ1n) is 6.32. The molecule has 0 aromatic carbocycles. The number of ether oxygens (including phenoxy) is 1. The third-order valence-corrected chi connectivity index (χ3v) is 3.52. The molecule has 1 unspecified atom stereocenters. The Morgan fingerprint density at radius 1 is 1.56 bits per heavy atom. The summed E-state index contributed by atoms with van der Waals surface area (Å²) >= 11 is 0. The SMILES string of the molecule is CC1(C(=O)N(CCCN)C2CC2)CCCO1. The number of nitrogens with two attached hydrogens (primary N) is 1. The average Bonchev–Trinajstić information content (AvgIpc) is 3.01. The summed E-state index contributed by atoms with van der Waals surface area (Å²) in [6.07, 6.45) is 5.03. The molecule has 2 rings (SSSR count). The predicted octanol–water partition coefficient (Wildman–Crippen LogP) is 0.895. The van der Waals surface area contributed by atoms with Crippen molar-refractivity contribution in [1.82, 2.24) is 4.90 Å². The van der Waals surface area contributed by atoms with Gasteiger partial charge in [-0.3, -0.25) is 4.79 Å². The summed E-state index contributed by atoms with van der Waals surface area (Å²) in [5.74, 6) is 0.181. The standard InChI is InChI=1S/C12H22N2O2/c1-12(6-2-9-16-12)11(15)14(8-3-7-13)10-4-5-10/h10H,2-9,13H2,1H3. The molecule has 2 N–H and O–H groups in total. The first-order valence-corrected chi connectivity index (χ1v) is 6.32. The molecule has 0 radical (unpaired) electrons. The molecule has 4 heteroatoms. The van der Waals surface area contributed by atoms with Crippen molar-refractivity contribution in [2.24, 2.45) is 5.73 Å². The third-order valence-electron chi connectivity index (χ3n) is 3.52. The van der Waals surface area contributed by atoms with Gasteiger partial charge in [-0.25, -0.2) is 0 Å². The molecular weight excluding hydrogens is 204 g/mol. The Morgan fingerprint density at radius 3 is 2.81 bits per heavy atom. The molecule has 0 bridgehead atoms. The van der Waals surface area contributed by atoms with E-state index in [-0.39, 0.29) is 5.91 Å². The van der Waals surface area contributed by atoms with Gasteiger partial charge in [0.15, 0.2) is 0 Å². The van der Waals surface area contributed by atoms with Gasteiger partial charge in [0.25, 0.3) is 5.91 Å². The maximum absolute atomic E-state index is 12.4. The molecule has 0 aromatic heterocycles. The van der Waals surface area contributed by atoms with Crippen LogP contribution in [0.5, 0.6) is 0 Å². The van der Waals surface area contributed by atoms with E-state index in [1.165, 1.54) is 0 Å². The van der Waals surface area contributed by atoms with Gasteiger partial charge in [-0.1, -0.05) is 0 Å². The molecular formula is C12H22N2O2. The second-order valence-electron chi connectivity index (χ2n) is 5.05. The third kappa shape index (κ3) is 2.38. The van der Waals surface area contributed by atoms with Gasteiger partial charge in [-0.2, -0.15) is 0 Å². The molecule has 1 aliphatic heterocycles. The topological polar surface area (TPSA) is 55.6 Å². The number of hydrogen-bond acceptors (Lipinski definition) is 3. The van der Waals surface area contributed by atoms with Crippen molar-refractivity contribution in [3.63, 3.8) is 0 Å². The molecule has 4 nitrogen and oxygen atoms in total. The molecule has 2 aliphatic rings. The zero-order valence-corrected chi connectivity index (χ0v) is 10.1. The summed E-state index contributed by atoms with van der Waals surface area (Å²) in [6, 6.07) is 0.458. The van der Waals surface area contributed by atoms with Gasteiger partial charge in [0, 0.05) is 19.2 Å². The molecule has 2 fully saturated rings. The lowest BCUT2D eigenvalue weighted by molar-refractivity contribution is -0.151. The van der Waals surface area contributed by atoms with Crippen LogP contribution in [0.1, 0.15) is 39.0 Å². The van der Waals surface area contributed by atoms with Gasteiger partial charge in [-0.15, -0.1) is 0 Å². The van der Waals surface area contributed by atoms with Crippen LogP contribution in [0.15, 0.2) is 0 Å². The minimum atomic E-state index is -0.558. The highest BCUT2D eigenvalue weighted by molar-refractivity contribution is 5.85. The van der Waals surface area contributed by atoms with Gasteiger partial charge in [0.2, 0.25) is 0 Å². The highest BCUT2D eigenvalue weighted by atomic mass is 16.5. The predicted molar refractivity (Wildman–Crippen MR) is 62.0 cm³/mol. The van der Waals surface area contributed by atoms with Gasteiger partial charge in [0.05, 0.1) is 0 Å². The van der Waals surface area contributed by atoms with E-state index in [0.717, 1.165) is 45.3 Å². The molecule has 0 aromatic rings. The number of hydrogen-bond donors (Lipinski definition) is 1. The first-order chi connectivity index (χ1) is 7.67. The Kier molecular flexibility index (Phi) is 3.50. The van der Waals surface area contributed by atoms with Crippen molar-refractivity contribution >= 4 is 5.91 Å². The number of carbonyl (C=O) groups is 1. The van der Waals surface area contributed by atoms with Crippen LogP contribution in [0.25, 0.3) is 0 Å². The summed E-state index contributed by atoms with van der Waals surface area (Å²) in [5.41, 5.74) is 4.96. The summed E-state index contributed by atoms with van der Waals surface area (Å²) in [5, 5.41) is 0.